The van der Waals surface area contributed by atoms with Gasteiger partial charge in [0.2, 0.25) is 0 Å². The van der Waals surface area contributed by atoms with E-state index in [2.05, 4.69) is 43.6 Å². The fourth-order valence-electron chi connectivity index (χ4n) is 3.98. The Morgan fingerprint density at radius 2 is 1.83 bits per heavy atom. The summed E-state index contributed by atoms with van der Waals surface area (Å²) in [6.45, 7) is 1.73. The van der Waals surface area contributed by atoms with Crippen LogP contribution in [0.25, 0.3) is 22.2 Å². The highest BCUT2D eigenvalue weighted by atomic mass is 16.1. The Morgan fingerprint density at radius 3 is 2.67 bits per heavy atom. The van der Waals surface area contributed by atoms with Crippen LogP contribution in [0.15, 0.2) is 72.9 Å². The van der Waals surface area contributed by atoms with Gasteiger partial charge in [0, 0.05) is 42.3 Å². The summed E-state index contributed by atoms with van der Waals surface area (Å²) in [6.07, 6.45) is 3.56. The zero-order valence-corrected chi connectivity index (χ0v) is 16.6. The second-order valence-electron chi connectivity index (χ2n) is 7.65. The van der Waals surface area contributed by atoms with E-state index >= 15 is 0 Å². The first-order valence-electron chi connectivity index (χ1n) is 10.3. The number of pyridine rings is 1. The molecule has 2 aromatic heterocycles. The van der Waals surface area contributed by atoms with Gasteiger partial charge in [0.25, 0.3) is 5.91 Å². The summed E-state index contributed by atoms with van der Waals surface area (Å²) in [7, 11) is 0. The Labute approximate surface area is 174 Å². The Kier molecular flexibility index (Phi) is 4.89. The van der Waals surface area contributed by atoms with Gasteiger partial charge in [-0.2, -0.15) is 5.10 Å². The van der Waals surface area contributed by atoms with Crippen molar-refractivity contribution in [3.63, 3.8) is 0 Å². The average Bonchev–Trinajstić information content (AvgIpc) is 3.30. The van der Waals surface area contributed by atoms with Gasteiger partial charge in [-0.1, -0.05) is 36.4 Å². The van der Waals surface area contributed by atoms with Crippen molar-refractivity contribution in [1.82, 2.24) is 20.5 Å². The van der Waals surface area contributed by atoms with Crippen molar-refractivity contribution >= 4 is 22.6 Å². The molecule has 0 aliphatic carbocycles. The lowest BCUT2D eigenvalue weighted by Crippen LogP contribution is -2.44. The number of aromatic nitrogens is 3. The molecule has 1 amide bonds. The third kappa shape index (κ3) is 3.76. The van der Waals surface area contributed by atoms with E-state index in [9.17, 15) is 4.79 Å². The maximum absolute atomic E-state index is 12.7. The lowest BCUT2D eigenvalue weighted by Gasteiger charge is -2.32. The average molecular weight is 397 g/mol. The van der Waals surface area contributed by atoms with E-state index in [0.29, 0.717) is 5.56 Å². The van der Waals surface area contributed by atoms with Crippen molar-refractivity contribution < 1.29 is 4.79 Å². The molecule has 1 aliphatic heterocycles. The first-order valence-corrected chi connectivity index (χ1v) is 10.3. The Hall–Kier alpha value is -3.67. The van der Waals surface area contributed by atoms with Gasteiger partial charge in [-0.25, -0.2) is 0 Å². The summed E-state index contributed by atoms with van der Waals surface area (Å²) >= 11 is 0. The van der Waals surface area contributed by atoms with Crippen LogP contribution in [0, 0.1) is 0 Å². The second-order valence-corrected chi connectivity index (χ2v) is 7.65. The van der Waals surface area contributed by atoms with Crippen molar-refractivity contribution in [2.24, 2.45) is 0 Å². The summed E-state index contributed by atoms with van der Waals surface area (Å²) in [5.74, 6) is 0.936. The molecule has 0 unspecified atom stereocenters. The van der Waals surface area contributed by atoms with Crippen LogP contribution in [0.5, 0.6) is 0 Å². The van der Waals surface area contributed by atoms with Crippen LogP contribution >= 0.6 is 0 Å². The van der Waals surface area contributed by atoms with Gasteiger partial charge in [0.05, 0.1) is 11.2 Å². The molecular formula is C24H23N5O. The number of rotatable bonds is 4. The summed E-state index contributed by atoms with van der Waals surface area (Å²) in [4.78, 5) is 19.3. The summed E-state index contributed by atoms with van der Waals surface area (Å²) in [5, 5.41) is 11.8. The standard InChI is InChI=1S/C24H23N5O/c30-24(19-8-9-21-18(15-19)7-4-12-25-21)26-20-10-13-29(14-11-20)23-16-22(27-28-23)17-5-2-1-3-6-17/h1-9,12,15-16,20H,10-11,13-14H2,(H,26,30)(H,27,28). The minimum Gasteiger partial charge on any atom is -0.355 e. The molecular weight excluding hydrogens is 374 g/mol. The molecule has 150 valence electrons. The van der Waals surface area contributed by atoms with Crippen LogP contribution < -0.4 is 10.2 Å². The zero-order valence-electron chi connectivity index (χ0n) is 16.6. The molecule has 1 aliphatic rings. The molecule has 1 saturated heterocycles. The molecule has 6 nitrogen and oxygen atoms in total. The van der Waals surface area contributed by atoms with Crippen molar-refractivity contribution in [2.45, 2.75) is 18.9 Å². The van der Waals surface area contributed by atoms with Gasteiger partial charge in [0.1, 0.15) is 0 Å². The van der Waals surface area contributed by atoms with E-state index in [1.54, 1.807) is 6.20 Å². The maximum atomic E-state index is 12.7. The molecule has 6 heteroatoms. The Morgan fingerprint density at radius 1 is 1.00 bits per heavy atom. The monoisotopic (exact) mass is 397 g/mol. The number of piperidine rings is 1. The molecule has 0 saturated carbocycles. The predicted octanol–water partition coefficient (Wildman–Crippen LogP) is 4.02. The number of fused-ring (bicyclic) bond motifs is 1. The minimum atomic E-state index is -0.0228. The van der Waals surface area contributed by atoms with Crippen LogP contribution in [0.1, 0.15) is 23.2 Å². The Bertz CT molecular complexity index is 1160. The summed E-state index contributed by atoms with van der Waals surface area (Å²) in [6, 6.07) is 22.0. The third-order valence-electron chi connectivity index (χ3n) is 5.67. The van der Waals surface area contributed by atoms with Gasteiger partial charge >= 0.3 is 0 Å². The number of benzene rings is 2. The lowest BCUT2D eigenvalue weighted by atomic mass is 10.0. The highest BCUT2D eigenvalue weighted by molar-refractivity contribution is 5.98. The van der Waals surface area contributed by atoms with E-state index in [1.165, 1.54) is 0 Å². The largest absolute Gasteiger partial charge is 0.355 e. The van der Waals surface area contributed by atoms with Crippen molar-refractivity contribution in [1.29, 1.82) is 0 Å². The molecule has 0 radical (unpaired) electrons. The molecule has 0 bridgehead atoms. The molecule has 2 N–H and O–H groups in total. The zero-order chi connectivity index (χ0) is 20.3. The molecule has 1 fully saturated rings. The Balaban J connectivity index is 1.20. The van der Waals surface area contributed by atoms with E-state index in [1.807, 2.05) is 48.5 Å². The highest BCUT2D eigenvalue weighted by Gasteiger charge is 2.23. The fraction of sp³-hybridized carbons (Fsp3) is 0.208. The van der Waals surface area contributed by atoms with Crippen LogP contribution in [-0.4, -0.2) is 40.2 Å². The number of H-pyrrole nitrogens is 1. The van der Waals surface area contributed by atoms with Crippen LogP contribution in [0.3, 0.4) is 0 Å². The molecule has 30 heavy (non-hydrogen) atoms. The SMILES string of the molecule is O=C(NC1CCN(c2cc(-c3ccccc3)[nH]n2)CC1)c1ccc2ncccc2c1. The van der Waals surface area contributed by atoms with Crippen LogP contribution in [-0.2, 0) is 0 Å². The molecule has 4 aromatic rings. The van der Waals surface area contributed by atoms with Crippen molar-refractivity contribution in [2.75, 3.05) is 18.0 Å². The van der Waals surface area contributed by atoms with E-state index < -0.39 is 0 Å². The van der Waals surface area contributed by atoms with Gasteiger partial charge in [0.15, 0.2) is 5.82 Å². The highest BCUT2D eigenvalue weighted by Crippen LogP contribution is 2.24. The molecule has 5 rings (SSSR count). The fourth-order valence-corrected chi connectivity index (χ4v) is 3.98. The second kappa shape index (κ2) is 7.99. The van der Waals surface area contributed by atoms with Gasteiger partial charge < -0.3 is 10.2 Å². The number of aromatic amines is 1. The maximum Gasteiger partial charge on any atom is 0.251 e. The third-order valence-corrected chi connectivity index (χ3v) is 5.67. The van der Waals surface area contributed by atoms with E-state index in [4.69, 9.17) is 0 Å². The van der Waals surface area contributed by atoms with Gasteiger partial charge in [-0.15, -0.1) is 0 Å². The van der Waals surface area contributed by atoms with Crippen LogP contribution in [0.2, 0.25) is 0 Å². The number of nitrogens with zero attached hydrogens (tertiary/aromatic N) is 3. The molecule has 0 spiro atoms. The first-order chi connectivity index (χ1) is 14.8. The molecule has 3 heterocycles. The van der Waals surface area contributed by atoms with Crippen molar-refractivity contribution in [3.05, 3.63) is 78.5 Å². The van der Waals surface area contributed by atoms with Gasteiger partial charge in [-0.05, 0) is 42.7 Å². The minimum absolute atomic E-state index is 0.0228. The lowest BCUT2D eigenvalue weighted by molar-refractivity contribution is 0.0931. The number of nitrogens with one attached hydrogen (secondary N) is 2. The predicted molar refractivity (Wildman–Crippen MR) is 118 cm³/mol. The number of amides is 1. The van der Waals surface area contributed by atoms with Gasteiger partial charge in [-0.3, -0.25) is 14.9 Å². The first kappa shape index (κ1) is 18.4. The molecule has 0 atom stereocenters. The number of hydrogen-bond acceptors (Lipinski definition) is 4. The smallest absolute Gasteiger partial charge is 0.251 e. The topological polar surface area (TPSA) is 73.9 Å². The summed E-state index contributed by atoms with van der Waals surface area (Å²) < 4.78 is 0. The normalized spacial score (nSPS) is 14.7. The van der Waals surface area contributed by atoms with E-state index in [-0.39, 0.29) is 11.9 Å². The molecule has 2 aromatic carbocycles. The quantitative estimate of drug-likeness (QED) is 0.545. The number of carbonyl (C=O) groups excluding carboxylic acids is 1. The van der Waals surface area contributed by atoms with Crippen molar-refractivity contribution in [3.8, 4) is 11.3 Å². The summed E-state index contributed by atoms with van der Waals surface area (Å²) in [5.41, 5.74) is 3.73. The van der Waals surface area contributed by atoms with Crippen LogP contribution in [0.4, 0.5) is 5.82 Å². The number of hydrogen-bond donors (Lipinski definition) is 2. The number of carbonyl (C=O) groups is 1. The number of anilines is 1. The van der Waals surface area contributed by atoms with E-state index in [0.717, 1.165) is 53.9 Å².